The van der Waals surface area contributed by atoms with E-state index in [0.29, 0.717) is 60.0 Å². The van der Waals surface area contributed by atoms with Crippen LogP contribution in [0.3, 0.4) is 0 Å². The van der Waals surface area contributed by atoms with Crippen LogP contribution in [0.15, 0.2) is 85.2 Å². The van der Waals surface area contributed by atoms with Gasteiger partial charge < -0.3 is 40.3 Å². The monoisotopic (exact) mass is 774 g/mol. The van der Waals surface area contributed by atoms with Crippen LogP contribution >= 0.6 is 0 Å². The Morgan fingerprint density at radius 3 is 2.37 bits per heavy atom. The summed E-state index contributed by atoms with van der Waals surface area (Å²) in [5.41, 5.74) is 4.53. The molecule has 5 N–H and O–H groups in total. The van der Waals surface area contributed by atoms with Gasteiger partial charge in [-0.25, -0.2) is 23.9 Å². The van der Waals surface area contributed by atoms with Crippen molar-refractivity contribution in [2.24, 2.45) is 0 Å². The fraction of sp³-hybridized carbons (Fsp3) is 0.286. The number of methoxy groups -OCH3 is 2. The molecule has 1 saturated heterocycles. The number of aromatic nitrogens is 4. The number of aryl methyl sites for hydroxylation is 1. The third-order valence-electron chi connectivity index (χ3n) is 9.47. The van der Waals surface area contributed by atoms with E-state index < -0.39 is 24.0 Å². The number of hydrogen-bond donors (Lipinski definition) is 5. The minimum absolute atomic E-state index is 0.146. The molecule has 1 fully saturated rings. The second kappa shape index (κ2) is 19.1. The van der Waals surface area contributed by atoms with Gasteiger partial charge in [-0.15, -0.1) is 0 Å². The first kappa shape index (κ1) is 39.7. The topological polar surface area (TPSA) is 183 Å². The number of benzene rings is 3. The number of H-pyrrole nitrogens is 2. The number of aromatic amines is 2. The van der Waals surface area contributed by atoms with E-state index in [4.69, 9.17) is 0 Å². The number of hydrogen-bond acceptors (Lipinski definition) is 8. The molecule has 15 heteroatoms. The highest BCUT2D eigenvalue weighted by Gasteiger charge is 2.32. The van der Waals surface area contributed by atoms with E-state index in [9.17, 15) is 19.2 Å². The van der Waals surface area contributed by atoms with Gasteiger partial charge in [-0.2, -0.15) is 0 Å². The molecule has 2 unspecified atom stereocenters. The summed E-state index contributed by atoms with van der Waals surface area (Å²) in [5, 5.41) is 7.87. The van der Waals surface area contributed by atoms with Crippen LogP contribution in [0.5, 0.6) is 0 Å². The van der Waals surface area contributed by atoms with Crippen molar-refractivity contribution in [3.8, 4) is 34.4 Å². The molecule has 4 amide bonds. The van der Waals surface area contributed by atoms with Crippen molar-refractivity contribution >= 4 is 24.0 Å². The fourth-order valence-corrected chi connectivity index (χ4v) is 6.49. The Morgan fingerprint density at radius 1 is 0.877 bits per heavy atom. The second-order valence-corrected chi connectivity index (χ2v) is 13.3. The third-order valence-corrected chi connectivity index (χ3v) is 9.47. The maximum Gasteiger partial charge on any atom is 0.407 e. The third kappa shape index (κ3) is 10.4. The Morgan fingerprint density at radius 2 is 1.61 bits per heavy atom. The SMILES string of the molecule is COC(=O)NCC(=O)N1CCCC1c1ncc(-c2ccc(C#Cc3ccc(-c4cnc(CCCCNC(=O)C(NC(=O)OC)c5ccccc5)[nH]4)c(F)c3)cc2)[nH]1. The lowest BCUT2D eigenvalue weighted by Gasteiger charge is -2.23. The smallest absolute Gasteiger partial charge is 0.407 e. The maximum absolute atomic E-state index is 15.3. The number of nitrogens with one attached hydrogen (secondary N) is 5. The van der Waals surface area contributed by atoms with E-state index in [-0.39, 0.29) is 24.4 Å². The van der Waals surface area contributed by atoms with Gasteiger partial charge >= 0.3 is 12.2 Å². The summed E-state index contributed by atoms with van der Waals surface area (Å²) in [6.45, 7) is 0.831. The number of rotatable bonds is 13. The van der Waals surface area contributed by atoms with Crippen molar-refractivity contribution in [1.82, 2.24) is 40.8 Å². The van der Waals surface area contributed by atoms with Gasteiger partial charge in [-0.3, -0.25) is 9.59 Å². The quantitative estimate of drug-likeness (QED) is 0.0761. The fourth-order valence-electron chi connectivity index (χ4n) is 6.49. The number of carbonyl (C=O) groups is 4. The van der Waals surface area contributed by atoms with E-state index in [1.54, 1.807) is 53.7 Å². The zero-order valence-electron chi connectivity index (χ0n) is 31.6. The highest BCUT2D eigenvalue weighted by molar-refractivity contribution is 5.87. The van der Waals surface area contributed by atoms with E-state index in [2.05, 4.69) is 57.2 Å². The van der Waals surface area contributed by atoms with Gasteiger partial charge in [-0.05, 0) is 67.1 Å². The summed E-state index contributed by atoms with van der Waals surface area (Å²) in [7, 11) is 2.49. The van der Waals surface area contributed by atoms with Gasteiger partial charge in [0.05, 0.1) is 44.0 Å². The molecular weight excluding hydrogens is 732 g/mol. The Hall–Kier alpha value is -6.95. The van der Waals surface area contributed by atoms with Gasteiger partial charge in [0.2, 0.25) is 11.8 Å². The average molecular weight is 775 g/mol. The molecule has 6 rings (SSSR count). The van der Waals surface area contributed by atoms with Gasteiger partial charge in [0.1, 0.15) is 30.1 Å². The number of imidazole rings is 2. The summed E-state index contributed by atoms with van der Waals surface area (Å²) in [4.78, 5) is 66.0. The van der Waals surface area contributed by atoms with Crippen molar-refractivity contribution in [3.05, 3.63) is 119 Å². The molecule has 294 valence electrons. The highest BCUT2D eigenvalue weighted by atomic mass is 19.1. The maximum atomic E-state index is 15.3. The van der Waals surface area contributed by atoms with Crippen LogP contribution < -0.4 is 16.0 Å². The molecule has 0 saturated carbocycles. The second-order valence-electron chi connectivity index (χ2n) is 13.3. The molecule has 0 bridgehead atoms. The van der Waals surface area contributed by atoms with Gasteiger partial charge in [0.15, 0.2) is 0 Å². The molecule has 3 heterocycles. The summed E-state index contributed by atoms with van der Waals surface area (Å²) in [5.74, 6) is 6.53. The molecule has 0 spiro atoms. The molecule has 14 nitrogen and oxygen atoms in total. The number of nitrogens with zero attached hydrogens (tertiary/aromatic N) is 3. The first-order chi connectivity index (χ1) is 27.7. The highest BCUT2D eigenvalue weighted by Crippen LogP contribution is 2.31. The van der Waals surface area contributed by atoms with Gasteiger partial charge in [-0.1, -0.05) is 54.3 Å². The van der Waals surface area contributed by atoms with Crippen molar-refractivity contribution in [2.45, 2.75) is 44.2 Å². The number of likely N-dealkylation sites (tertiary alicyclic amines) is 1. The van der Waals surface area contributed by atoms with Crippen molar-refractivity contribution in [1.29, 1.82) is 0 Å². The molecular formula is C42H43FN8O6. The number of alkyl carbamates (subject to hydrolysis) is 2. The van der Waals surface area contributed by atoms with Crippen LogP contribution in [0.2, 0.25) is 0 Å². The predicted molar refractivity (Wildman–Crippen MR) is 209 cm³/mol. The van der Waals surface area contributed by atoms with Crippen LogP contribution in [-0.2, 0) is 25.5 Å². The van der Waals surface area contributed by atoms with E-state index >= 15 is 4.39 Å². The minimum Gasteiger partial charge on any atom is -0.453 e. The first-order valence-electron chi connectivity index (χ1n) is 18.5. The normalized spacial score (nSPS) is 13.9. The first-order valence-corrected chi connectivity index (χ1v) is 18.5. The number of unbranched alkanes of at least 4 members (excludes halogenated alkanes) is 1. The lowest BCUT2D eigenvalue weighted by Crippen LogP contribution is -2.40. The Bertz CT molecular complexity index is 2250. The molecule has 0 radical (unpaired) electrons. The predicted octanol–water partition coefficient (Wildman–Crippen LogP) is 5.56. The molecule has 3 aromatic carbocycles. The number of carbonyl (C=O) groups excluding carboxylic acids is 4. The van der Waals surface area contributed by atoms with Crippen LogP contribution in [0, 0.1) is 17.7 Å². The van der Waals surface area contributed by atoms with E-state index in [1.165, 1.54) is 20.3 Å². The molecule has 1 aliphatic rings. The molecule has 57 heavy (non-hydrogen) atoms. The Labute approximate surface area is 329 Å². The van der Waals surface area contributed by atoms with Crippen molar-refractivity contribution in [3.63, 3.8) is 0 Å². The van der Waals surface area contributed by atoms with E-state index in [0.717, 1.165) is 36.1 Å². The Balaban J connectivity index is 0.983. The van der Waals surface area contributed by atoms with Crippen LogP contribution in [0.25, 0.3) is 22.5 Å². The summed E-state index contributed by atoms with van der Waals surface area (Å²) < 4.78 is 24.5. The summed E-state index contributed by atoms with van der Waals surface area (Å²) in [6, 6.07) is 20.2. The largest absolute Gasteiger partial charge is 0.453 e. The van der Waals surface area contributed by atoms with Crippen molar-refractivity contribution in [2.75, 3.05) is 33.9 Å². The zero-order valence-corrected chi connectivity index (χ0v) is 31.6. The van der Waals surface area contributed by atoms with Crippen LogP contribution in [0.1, 0.15) is 66.1 Å². The molecule has 1 aliphatic heterocycles. The standard InChI is InChI=1S/C42H43FN8O6/c1-56-41(54)47-26-37(52)51-22-8-11-35(51)39-46-24-33(49-39)29-18-15-27(16-19-29)13-14-28-17-20-31(32(43)23-28)34-25-45-36(48-34)12-6-7-21-44-40(53)38(50-42(55)57-2)30-9-4-3-5-10-30/h3-5,9-10,15-20,23-25,35,38H,6-8,11-12,21-22,26H2,1-2H3,(H,44,53)(H,45,48)(H,46,49)(H,47,54)(H,50,55). The zero-order chi connectivity index (χ0) is 40.1. The molecule has 2 aromatic heterocycles. The summed E-state index contributed by atoms with van der Waals surface area (Å²) >= 11 is 0. The van der Waals surface area contributed by atoms with Crippen molar-refractivity contribution < 1.29 is 33.0 Å². The number of ether oxygens (including phenoxy) is 2. The lowest BCUT2D eigenvalue weighted by atomic mass is 10.1. The summed E-state index contributed by atoms with van der Waals surface area (Å²) in [6.07, 6.45) is 5.55. The van der Waals surface area contributed by atoms with Gasteiger partial charge in [0, 0.05) is 36.2 Å². The number of amides is 4. The van der Waals surface area contributed by atoms with Crippen LogP contribution in [0.4, 0.5) is 14.0 Å². The number of halogens is 1. The lowest BCUT2D eigenvalue weighted by molar-refractivity contribution is -0.131. The molecule has 5 aromatic rings. The Kier molecular flexibility index (Phi) is 13.3. The molecule has 2 atom stereocenters. The van der Waals surface area contributed by atoms with E-state index in [1.807, 2.05) is 30.3 Å². The van der Waals surface area contributed by atoms with Gasteiger partial charge in [0.25, 0.3) is 0 Å². The van der Waals surface area contributed by atoms with Crippen LogP contribution in [-0.4, -0.2) is 82.7 Å². The molecule has 0 aliphatic carbocycles. The average Bonchev–Trinajstić information content (AvgIpc) is 4.03. The minimum atomic E-state index is -0.879.